The number of aliphatic hydroxyl groups is 2. The van der Waals surface area contributed by atoms with Gasteiger partial charge in [0.2, 0.25) is 0 Å². The van der Waals surface area contributed by atoms with Crippen LogP contribution in [0.4, 0.5) is 0 Å². The summed E-state index contributed by atoms with van der Waals surface area (Å²) in [5, 5.41) is 23.8. The van der Waals surface area contributed by atoms with Gasteiger partial charge in [0.1, 0.15) is 24.7 Å². The Labute approximate surface area is 258 Å². The molecule has 4 heteroatoms. The molecule has 6 aromatic carbocycles. The van der Waals surface area contributed by atoms with Crippen LogP contribution in [0.2, 0.25) is 0 Å². The van der Waals surface area contributed by atoms with Crippen LogP contribution in [0.25, 0.3) is 21.5 Å². The molecule has 2 atom stereocenters. The molecule has 4 nitrogen and oxygen atoms in total. The Morgan fingerprint density at radius 2 is 0.955 bits per heavy atom. The number of benzene rings is 6. The van der Waals surface area contributed by atoms with Crippen LogP contribution in [-0.4, -0.2) is 35.6 Å². The second kappa shape index (κ2) is 11.5. The molecule has 0 amide bonds. The van der Waals surface area contributed by atoms with Gasteiger partial charge in [0.05, 0.1) is 17.6 Å². The predicted molar refractivity (Wildman–Crippen MR) is 177 cm³/mol. The number of hydrogen-bond acceptors (Lipinski definition) is 4. The molecule has 0 radical (unpaired) electrons. The number of rotatable bonds is 8. The summed E-state index contributed by atoms with van der Waals surface area (Å²) < 4.78 is 11.6. The van der Waals surface area contributed by atoms with E-state index >= 15 is 0 Å². The van der Waals surface area contributed by atoms with E-state index in [9.17, 15) is 10.2 Å². The van der Waals surface area contributed by atoms with E-state index in [4.69, 9.17) is 9.47 Å². The molecule has 1 aliphatic rings. The molecule has 2 N–H and O–H groups in total. The van der Waals surface area contributed by atoms with Crippen LogP contribution in [0.1, 0.15) is 47.2 Å². The molecule has 6 aromatic rings. The van der Waals surface area contributed by atoms with Crippen LogP contribution in [0.15, 0.2) is 121 Å². The van der Waals surface area contributed by atoms with E-state index in [0.29, 0.717) is 0 Å². The maximum atomic E-state index is 9.69. The fourth-order valence-corrected chi connectivity index (χ4v) is 6.75. The minimum atomic E-state index is -0.531. The predicted octanol–water partition coefficient (Wildman–Crippen LogP) is 7.80. The molecule has 0 heterocycles. The highest BCUT2D eigenvalue weighted by Gasteiger charge is 2.43. The summed E-state index contributed by atoms with van der Waals surface area (Å²) in [5.41, 5.74) is 7.14. The smallest absolute Gasteiger partial charge is 0.120 e. The Bertz CT molecular complexity index is 1830. The molecule has 1 aliphatic carbocycles. The minimum absolute atomic E-state index is 0.260. The van der Waals surface area contributed by atoms with Crippen molar-refractivity contribution in [3.8, 4) is 11.5 Å². The van der Waals surface area contributed by atoms with Gasteiger partial charge in [-0.15, -0.1) is 0 Å². The standard InChI is InChI=1S/C40H36O4/c1-26(41)24-43-36-17-13-28-20-34(15-11-30(28)22-36)40(38-9-5-3-7-32(38)19-33-8-4-6-10-39(33)40)35-16-12-31-23-37(44-25-27(2)42)18-14-29(31)21-35/h3-18,20-23,26-27,41-42H,19,24-25H2,1-2H3. The highest BCUT2D eigenvalue weighted by molar-refractivity contribution is 5.88. The second-order valence-electron chi connectivity index (χ2n) is 12.0. The lowest BCUT2D eigenvalue weighted by Gasteiger charge is -2.42. The van der Waals surface area contributed by atoms with Gasteiger partial charge in [-0.05, 0) is 112 Å². The van der Waals surface area contributed by atoms with E-state index in [-0.39, 0.29) is 13.2 Å². The Balaban J connectivity index is 1.44. The van der Waals surface area contributed by atoms with E-state index in [2.05, 4.69) is 97.1 Å². The molecule has 7 rings (SSSR count). The highest BCUT2D eigenvalue weighted by atomic mass is 16.5. The molecule has 0 aliphatic heterocycles. The zero-order chi connectivity index (χ0) is 30.3. The third-order valence-electron chi connectivity index (χ3n) is 8.70. The van der Waals surface area contributed by atoms with Crippen molar-refractivity contribution in [3.05, 3.63) is 155 Å². The third kappa shape index (κ3) is 5.00. The SMILES string of the molecule is CC(O)COc1ccc2cc(C3(c4ccc5cc(OCC(C)O)ccc5c4)c4ccccc4Cc4ccccc43)ccc2c1. The van der Waals surface area contributed by atoms with E-state index in [1.54, 1.807) is 13.8 Å². The molecule has 0 saturated carbocycles. The summed E-state index contributed by atoms with van der Waals surface area (Å²) in [6, 6.07) is 43.5. The molecule has 220 valence electrons. The largest absolute Gasteiger partial charge is 0.491 e. The lowest BCUT2D eigenvalue weighted by Crippen LogP contribution is -2.36. The van der Waals surface area contributed by atoms with Crippen molar-refractivity contribution >= 4 is 21.5 Å². The zero-order valence-corrected chi connectivity index (χ0v) is 25.0. The average molecular weight is 581 g/mol. The first-order valence-corrected chi connectivity index (χ1v) is 15.3. The molecule has 0 bridgehead atoms. The van der Waals surface area contributed by atoms with Gasteiger partial charge in [-0.25, -0.2) is 0 Å². The zero-order valence-electron chi connectivity index (χ0n) is 25.0. The molecule has 2 unspecified atom stereocenters. The number of hydrogen-bond donors (Lipinski definition) is 2. The lowest BCUT2D eigenvalue weighted by molar-refractivity contribution is 0.122. The summed E-state index contributed by atoms with van der Waals surface area (Å²) in [5.74, 6) is 1.50. The van der Waals surface area contributed by atoms with Gasteiger partial charge in [0, 0.05) is 0 Å². The fourth-order valence-electron chi connectivity index (χ4n) is 6.75. The first-order valence-electron chi connectivity index (χ1n) is 15.3. The van der Waals surface area contributed by atoms with Gasteiger partial charge in [0.25, 0.3) is 0 Å². The molecular weight excluding hydrogens is 544 g/mol. The Morgan fingerprint density at radius 3 is 1.41 bits per heavy atom. The first kappa shape index (κ1) is 28.1. The van der Waals surface area contributed by atoms with Gasteiger partial charge in [-0.3, -0.25) is 0 Å². The van der Waals surface area contributed by atoms with Crippen LogP contribution in [-0.2, 0) is 11.8 Å². The van der Waals surface area contributed by atoms with Crippen molar-refractivity contribution in [1.82, 2.24) is 0 Å². The average Bonchev–Trinajstić information content (AvgIpc) is 3.04. The summed E-state index contributed by atoms with van der Waals surface area (Å²) in [6.45, 7) is 3.97. The van der Waals surface area contributed by atoms with Crippen LogP contribution in [0.3, 0.4) is 0 Å². The first-order chi connectivity index (χ1) is 21.4. The molecule has 0 aromatic heterocycles. The van der Waals surface area contributed by atoms with Crippen LogP contribution in [0, 0.1) is 0 Å². The number of fused-ring (bicyclic) bond motifs is 4. The van der Waals surface area contributed by atoms with E-state index in [1.807, 2.05) is 24.3 Å². The molecule has 0 fully saturated rings. The highest BCUT2D eigenvalue weighted by Crippen LogP contribution is 2.51. The number of ether oxygens (including phenoxy) is 2. The van der Waals surface area contributed by atoms with Crippen molar-refractivity contribution in [2.24, 2.45) is 0 Å². The maximum Gasteiger partial charge on any atom is 0.120 e. The lowest BCUT2D eigenvalue weighted by atomic mass is 9.59. The molecule has 0 saturated heterocycles. The van der Waals surface area contributed by atoms with Gasteiger partial charge in [0.15, 0.2) is 0 Å². The minimum Gasteiger partial charge on any atom is -0.491 e. The van der Waals surface area contributed by atoms with E-state index in [1.165, 1.54) is 33.4 Å². The Kier molecular flexibility index (Phi) is 7.33. The van der Waals surface area contributed by atoms with Gasteiger partial charge in [-0.1, -0.05) is 84.9 Å². The maximum absolute atomic E-state index is 9.69. The quantitative estimate of drug-likeness (QED) is 0.193. The summed E-state index contributed by atoms with van der Waals surface area (Å²) in [4.78, 5) is 0. The van der Waals surface area contributed by atoms with E-state index in [0.717, 1.165) is 39.5 Å². The monoisotopic (exact) mass is 580 g/mol. The van der Waals surface area contributed by atoms with Gasteiger partial charge >= 0.3 is 0 Å². The van der Waals surface area contributed by atoms with Crippen molar-refractivity contribution in [3.63, 3.8) is 0 Å². The Hall–Kier alpha value is -4.64. The second-order valence-corrected chi connectivity index (χ2v) is 12.0. The van der Waals surface area contributed by atoms with Crippen molar-refractivity contribution < 1.29 is 19.7 Å². The van der Waals surface area contributed by atoms with Crippen molar-refractivity contribution in [1.29, 1.82) is 0 Å². The normalized spacial score (nSPS) is 14.9. The van der Waals surface area contributed by atoms with Crippen LogP contribution < -0.4 is 9.47 Å². The molecule has 44 heavy (non-hydrogen) atoms. The topological polar surface area (TPSA) is 58.9 Å². The van der Waals surface area contributed by atoms with Crippen molar-refractivity contribution in [2.75, 3.05) is 13.2 Å². The fraction of sp³-hybridized carbons (Fsp3) is 0.200. The van der Waals surface area contributed by atoms with Gasteiger partial charge in [-0.2, -0.15) is 0 Å². The summed E-state index contributed by atoms with van der Waals surface area (Å²) >= 11 is 0. The Morgan fingerprint density at radius 1 is 0.545 bits per heavy atom. The summed E-state index contributed by atoms with van der Waals surface area (Å²) in [6.07, 6.45) is -0.155. The van der Waals surface area contributed by atoms with Crippen molar-refractivity contribution in [2.45, 2.75) is 37.9 Å². The molecular formula is C40H36O4. The van der Waals surface area contributed by atoms with Crippen LogP contribution in [0.5, 0.6) is 11.5 Å². The van der Waals surface area contributed by atoms with E-state index < -0.39 is 17.6 Å². The number of aliphatic hydroxyl groups excluding tert-OH is 2. The summed E-state index contributed by atoms with van der Waals surface area (Å²) in [7, 11) is 0. The van der Waals surface area contributed by atoms with Gasteiger partial charge < -0.3 is 19.7 Å². The van der Waals surface area contributed by atoms with Crippen LogP contribution >= 0.6 is 0 Å². The third-order valence-corrected chi connectivity index (χ3v) is 8.70. The molecule has 0 spiro atoms.